The molecule has 18 heavy (non-hydrogen) atoms. The minimum Gasteiger partial charge on any atom is -0.345 e. The average Bonchev–Trinajstić information content (AvgIpc) is 2.93. The lowest BCUT2D eigenvalue weighted by atomic mass is 10.0. The second-order valence-electron chi connectivity index (χ2n) is 4.20. The average molecular weight is 259 g/mol. The van der Waals surface area contributed by atoms with E-state index in [9.17, 15) is 4.79 Å². The molecule has 1 unspecified atom stereocenters. The van der Waals surface area contributed by atoms with Crippen LogP contribution in [0.25, 0.3) is 0 Å². The lowest BCUT2D eigenvalue weighted by Crippen LogP contribution is -2.27. The molecule has 3 heteroatoms. The summed E-state index contributed by atoms with van der Waals surface area (Å²) in [6.45, 7) is 2.13. The van der Waals surface area contributed by atoms with E-state index in [1.54, 1.807) is 0 Å². The Hall–Kier alpha value is -1.61. The van der Waals surface area contributed by atoms with Crippen LogP contribution in [-0.2, 0) is 0 Å². The summed E-state index contributed by atoms with van der Waals surface area (Å²) < 4.78 is 0. The highest BCUT2D eigenvalue weighted by atomic mass is 32.1. The van der Waals surface area contributed by atoms with Gasteiger partial charge in [-0.05, 0) is 23.4 Å². The highest BCUT2D eigenvalue weighted by Crippen LogP contribution is 2.19. The number of nitrogens with one attached hydrogen (secondary N) is 1. The van der Waals surface area contributed by atoms with E-state index in [4.69, 9.17) is 0 Å². The quantitative estimate of drug-likeness (QED) is 0.863. The number of thiophene rings is 1. The van der Waals surface area contributed by atoms with E-state index in [2.05, 4.69) is 24.4 Å². The van der Waals surface area contributed by atoms with Crippen molar-refractivity contribution in [2.24, 2.45) is 0 Å². The van der Waals surface area contributed by atoms with Gasteiger partial charge in [-0.25, -0.2) is 0 Å². The molecule has 0 spiro atoms. The standard InChI is InChI=1S/C15H17NOS/c1-2-7-13(12-8-4-3-5-9-12)16-15(17)14-10-6-11-18-14/h3-6,8-11,13H,2,7H2,1H3,(H,16,17). The number of benzene rings is 1. The van der Waals surface area contributed by atoms with Gasteiger partial charge in [-0.15, -0.1) is 11.3 Å². The van der Waals surface area contributed by atoms with Crippen LogP contribution in [0.3, 0.4) is 0 Å². The molecule has 94 valence electrons. The molecule has 1 aromatic carbocycles. The van der Waals surface area contributed by atoms with Crippen LogP contribution in [0.4, 0.5) is 0 Å². The summed E-state index contributed by atoms with van der Waals surface area (Å²) in [7, 11) is 0. The Morgan fingerprint density at radius 2 is 2.00 bits per heavy atom. The zero-order chi connectivity index (χ0) is 12.8. The van der Waals surface area contributed by atoms with Crippen LogP contribution in [0.15, 0.2) is 47.8 Å². The summed E-state index contributed by atoms with van der Waals surface area (Å²) in [4.78, 5) is 12.8. The summed E-state index contributed by atoms with van der Waals surface area (Å²) in [6.07, 6.45) is 2.01. The first-order valence-electron chi connectivity index (χ1n) is 6.20. The van der Waals surface area contributed by atoms with Gasteiger partial charge in [0.05, 0.1) is 10.9 Å². The summed E-state index contributed by atoms with van der Waals surface area (Å²) >= 11 is 1.47. The van der Waals surface area contributed by atoms with E-state index in [1.165, 1.54) is 16.9 Å². The largest absolute Gasteiger partial charge is 0.345 e. The van der Waals surface area contributed by atoms with Crippen LogP contribution >= 0.6 is 11.3 Å². The molecule has 2 aromatic rings. The molecule has 0 aliphatic rings. The first-order valence-corrected chi connectivity index (χ1v) is 7.08. The molecule has 2 rings (SSSR count). The van der Waals surface area contributed by atoms with E-state index in [-0.39, 0.29) is 11.9 Å². The Bertz CT molecular complexity index is 478. The van der Waals surface area contributed by atoms with E-state index in [0.717, 1.165) is 17.7 Å². The number of carbonyl (C=O) groups is 1. The van der Waals surface area contributed by atoms with Gasteiger partial charge in [0.1, 0.15) is 0 Å². The molecule has 0 fully saturated rings. The Morgan fingerprint density at radius 3 is 2.61 bits per heavy atom. The molecular weight excluding hydrogens is 242 g/mol. The van der Waals surface area contributed by atoms with E-state index in [1.807, 2.05) is 35.7 Å². The Labute approximate surface area is 112 Å². The van der Waals surface area contributed by atoms with Gasteiger partial charge in [0.25, 0.3) is 5.91 Å². The normalized spacial score (nSPS) is 12.1. The number of hydrogen-bond donors (Lipinski definition) is 1. The maximum absolute atomic E-state index is 12.1. The van der Waals surface area contributed by atoms with Crippen molar-refractivity contribution in [1.29, 1.82) is 0 Å². The SMILES string of the molecule is CCCC(NC(=O)c1cccs1)c1ccccc1. The lowest BCUT2D eigenvalue weighted by molar-refractivity contribution is 0.0938. The number of amides is 1. The van der Waals surface area contributed by atoms with Crippen molar-refractivity contribution in [3.05, 3.63) is 58.3 Å². The lowest BCUT2D eigenvalue weighted by Gasteiger charge is -2.18. The van der Waals surface area contributed by atoms with Gasteiger partial charge in [-0.2, -0.15) is 0 Å². The van der Waals surface area contributed by atoms with Crippen LogP contribution < -0.4 is 5.32 Å². The van der Waals surface area contributed by atoms with Crippen molar-refractivity contribution in [2.75, 3.05) is 0 Å². The fourth-order valence-electron chi connectivity index (χ4n) is 1.93. The first kappa shape index (κ1) is 12.8. The number of hydrogen-bond acceptors (Lipinski definition) is 2. The predicted octanol–water partition coefficient (Wildman–Crippen LogP) is 4.02. The van der Waals surface area contributed by atoms with E-state index < -0.39 is 0 Å². The van der Waals surface area contributed by atoms with Crippen LogP contribution in [0.2, 0.25) is 0 Å². The van der Waals surface area contributed by atoms with E-state index >= 15 is 0 Å². The van der Waals surface area contributed by atoms with Crippen LogP contribution in [0.1, 0.15) is 41.0 Å². The zero-order valence-corrected chi connectivity index (χ0v) is 11.2. The topological polar surface area (TPSA) is 29.1 Å². The van der Waals surface area contributed by atoms with Gasteiger partial charge in [0.2, 0.25) is 0 Å². The van der Waals surface area contributed by atoms with Gasteiger partial charge in [0, 0.05) is 0 Å². The minimum atomic E-state index is 0.0207. The van der Waals surface area contributed by atoms with Crippen molar-refractivity contribution in [1.82, 2.24) is 5.32 Å². The molecular formula is C15H17NOS. The molecule has 1 heterocycles. The number of rotatable bonds is 5. The zero-order valence-electron chi connectivity index (χ0n) is 10.4. The third kappa shape index (κ3) is 3.20. The first-order chi connectivity index (χ1) is 8.81. The van der Waals surface area contributed by atoms with Gasteiger partial charge in [-0.3, -0.25) is 4.79 Å². The molecule has 0 radical (unpaired) electrons. The van der Waals surface area contributed by atoms with Crippen molar-refractivity contribution in [3.63, 3.8) is 0 Å². The van der Waals surface area contributed by atoms with Gasteiger partial charge >= 0.3 is 0 Å². The van der Waals surface area contributed by atoms with Crippen molar-refractivity contribution in [2.45, 2.75) is 25.8 Å². The van der Waals surface area contributed by atoms with Crippen LogP contribution in [-0.4, -0.2) is 5.91 Å². The molecule has 0 saturated carbocycles. The smallest absolute Gasteiger partial charge is 0.261 e. The van der Waals surface area contributed by atoms with Gasteiger partial charge < -0.3 is 5.32 Å². The Kier molecular flexibility index (Phi) is 4.53. The highest BCUT2D eigenvalue weighted by Gasteiger charge is 2.15. The summed E-state index contributed by atoms with van der Waals surface area (Å²) in [5.41, 5.74) is 1.17. The van der Waals surface area contributed by atoms with Crippen LogP contribution in [0.5, 0.6) is 0 Å². The monoisotopic (exact) mass is 259 g/mol. The predicted molar refractivity (Wildman–Crippen MR) is 75.9 cm³/mol. The number of carbonyl (C=O) groups excluding carboxylic acids is 1. The third-order valence-corrected chi connectivity index (χ3v) is 3.70. The van der Waals surface area contributed by atoms with Gasteiger partial charge in [0.15, 0.2) is 0 Å². The molecule has 1 N–H and O–H groups in total. The molecule has 1 amide bonds. The van der Waals surface area contributed by atoms with E-state index in [0.29, 0.717) is 0 Å². The molecule has 0 aliphatic heterocycles. The molecule has 2 nitrogen and oxygen atoms in total. The molecule has 0 bridgehead atoms. The molecule has 1 aromatic heterocycles. The minimum absolute atomic E-state index is 0.0207. The van der Waals surface area contributed by atoms with Crippen molar-refractivity contribution in [3.8, 4) is 0 Å². The van der Waals surface area contributed by atoms with Crippen molar-refractivity contribution >= 4 is 17.2 Å². The fraction of sp³-hybridized carbons (Fsp3) is 0.267. The summed E-state index contributed by atoms with van der Waals surface area (Å²) in [6, 6.07) is 14.0. The van der Waals surface area contributed by atoms with Crippen molar-refractivity contribution < 1.29 is 4.79 Å². The third-order valence-electron chi connectivity index (χ3n) is 2.83. The second-order valence-corrected chi connectivity index (χ2v) is 5.15. The Morgan fingerprint density at radius 1 is 1.22 bits per heavy atom. The maximum Gasteiger partial charge on any atom is 0.261 e. The molecule has 1 atom stereocenters. The van der Waals surface area contributed by atoms with Crippen LogP contribution in [0, 0.1) is 0 Å². The molecule has 0 saturated heterocycles. The maximum atomic E-state index is 12.1. The highest BCUT2D eigenvalue weighted by molar-refractivity contribution is 7.12. The second kappa shape index (κ2) is 6.36. The summed E-state index contributed by atoms with van der Waals surface area (Å²) in [5, 5.41) is 5.03. The molecule has 0 aliphatic carbocycles. The Balaban J connectivity index is 2.10. The van der Waals surface area contributed by atoms with Gasteiger partial charge in [-0.1, -0.05) is 49.7 Å². The summed E-state index contributed by atoms with van der Waals surface area (Å²) in [5.74, 6) is 0.0207. The fourth-order valence-corrected chi connectivity index (χ4v) is 2.56.